The number of rotatable bonds is 8. The molecule has 1 rings (SSSR count). The standard InChI is InChI=1S/C17H29NO/c1-5-18-15(11-13-17(2,3)4)12-14-19-16-9-7-6-8-10-16/h6-10,15,18H,5,11-14H2,1-4H3. The molecule has 0 bridgehead atoms. The molecule has 2 heteroatoms. The molecule has 1 unspecified atom stereocenters. The van der Waals surface area contributed by atoms with E-state index in [1.807, 2.05) is 30.3 Å². The smallest absolute Gasteiger partial charge is 0.119 e. The van der Waals surface area contributed by atoms with Gasteiger partial charge in [-0.15, -0.1) is 0 Å². The zero-order valence-corrected chi connectivity index (χ0v) is 12.9. The summed E-state index contributed by atoms with van der Waals surface area (Å²) in [5.41, 5.74) is 0.411. The molecule has 0 heterocycles. The summed E-state index contributed by atoms with van der Waals surface area (Å²) in [7, 11) is 0. The van der Waals surface area contributed by atoms with Crippen molar-refractivity contribution in [2.24, 2.45) is 5.41 Å². The molecule has 1 N–H and O–H groups in total. The van der Waals surface area contributed by atoms with Crippen LogP contribution in [0.15, 0.2) is 30.3 Å². The minimum Gasteiger partial charge on any atom is -0.494 e. The van der Waals surface area contributed by atoms with E-state index < -0.39 is 0 Å². The van der Waals surface area contributed by atoms with E-state index in [0.29, 0.717) is 11.5 Å². The molecular weight excluding hydrogens is 234 g/mol. The number of hydrogen-bond donors (Lipinski definition) is 1. The molecule has 0 fully saturated rings. The molecule has 0 aliphatic rings. The number of hydrogen-bond acceptors (Lipinski definition) is 2. The summed E-state index contributed by atoms with van der Waals surface area (Å²) in [6.45, 7) is 10.9. The summed E-state index contributed by atoms with van der Waals surface area (Å²) in [5.74, 6) is 0.966. The molecule has 1 aromatic rings. The van der Waals surface area contributed by atoms with Gasteiger partial charge in [-0.3, -0.25) is 0 Å². The van der Waals surface area contributed by atoms with E-state index in [-0.39, 0.29) is 0 Å². The van der Waals surface area contributed by atoms with Crippen molar-refractivity contribution in [2.75, 3.05) is 13.2 Å². The van der Waals surface area contributed by atoms with Gasteiger partial charge in [0.1, 0.15) is 5.75 Å². The minimum atomic E-state index is 0.411. The van der Waals surface area contributed by atoms with Crippen molar-refractivity contribution >= 4 is 0 Å². The maximum Gasteiger partial charge on any atom is 0.119 e. The van der Waals surface area contributed by atoms with E-state index in [9.17, 15) is 0 Å². The Morgan fingerprint density at radius 3 is 2.37 bits per heavy atom. The van der Waals surface area contributed by atoms with E-state index in [0.717, 1.165) is 25.3 Å². The molecule has 1 atom stereocenters. The van der Waals surface area contributed by atoms with Crippen molar-refractivity contribution in [1.29, 1.82) is 0 Å². The lowest BCUT2D eigenvalue weighted by molar-refractivity contribution is 0.264. The molecule has 0 radical (unpaired) electrons. The maximum atomic E-state index is 5.77. The van der Waals surface area contributed by atoms with Crippen LogP contribution in [0.5, 0.6) is 5.75 Å². The zero-order chi connectivity index (χ0) is 14.1. The van der Waals surface area contributed by atoms with Crippen LogP contribution >= 0.6 is 0 Å². The van der Waals surface area contributed by atoms with E-state index >= 15 is 0 Å². The second-order valence-corrected chi connectivity index (χ2v) is 6.30. The van der Waals surface area contributed by atoms with E-state index in [2.05, 4.69) is 33.0 Å². The van der Waals surface area contributed by atoms with Gasteiger partial charge >= 0.3 is 0 Å². The highest BCUT2D eigenvalue weighted by Gasteiger charge is 2.14. The fourth-order valence-electron chi connectivity index (χ4n) is 2.08. The maximum absolute atomic E-state index is 5.77. The normalized spacial score (nSPS) is 13.3. The molecule has 108 valence electrons. The monoisotopic (exact) mass is 263 g/mol. The second kappa shape index (κ2) is 8.21. The molecule has 0 aliphatic carbocycles. The summed E-state index contributed by atoms with van der Waals surface area (Å²) < 4.78 is 5.77. The van der Waals surface area contributed by atoms with Crippen LogP contribution in [0.4, 0.5) is 0 Å². The molecule has 0 aromatic heterocycles. The Morgan fingerprint density at radius 2 is 1.79 bits per heavy atom. The molecule has 0 spiro atoms. The van der Waals surface area contributed by atoms with Gasteiger partial charge in [0.05, 0.1) is 6.61 Å². The molecule has 0 saturated carbocycles. The van der Waals surface area contributed by atoms with Gasteiger partial charge in [-0.05, 0) is 43.4 Å². The van der Waals surface area contributed by atoms with Crippen molar-refractivity contribution < 1.29 is 4.74 Å². The number of para-hydroxylation sites is 1. The summed E-state index contributed by atoms with van der Waals surface area (Å²) >= 11 is 0. The third kappa shape index (κ3) is 7.89. The van der Waals surface area contributed by atoms with E-state index in [1.165, 1.54) is 12.8 Å². The Labute approximate surface area is 118 Å². The third-order valence-corrected chi connectivity index (χ3v) is 3.21. The molecule has 0 amide bonds. The van der Waals surface area contributed by atoms with E-state index in [1.54, 1.807) is 0 Å². The predicted octanol–water partition coefficient (Wildman–Crippen LogP) is 4.26. The van der Waals surface area contributed by atoms with Crippen molar-refractivity contribution in [1.82, 2.24) is 5.32 Å². The van der Waals surface area contributed by atoms with Crippen LogP contribution in [0.3, 0.4) is 0 Å². The molecule has 0 saturated heterocycles. The molecule has 2 nitrogen and oxygen atoms in total. The van der Waals surface area contributed by atoms with Gasteiger partial charge in [0, 0.05) is 6.04 Å². The van der Waals surface area contributed by atoms with Gasteiger partial charge in [0.15, 0.2) is 0 Å². The fraction of sp³-hybridized carbons (Fsp3) is 0.647. The van der Waals surface area contributed by atoms with Crippen LogP contribution in [0.2, 0.25) is 0 Å². The number of ether oxygens (including phenoxy) is 1. The van der Waals surface area contributed by atoms with Gasteiger partial charge in [0.2, 0.25) is 0 Å². The number of benzene rings is 1. The molecule has 19 heavy (non-hydrogen) atoms. The Hall–Kier alpha value is -1.02. The van der Waals surface area contributed by atoms with Crippen LogP contribution in [0.1, 0.15) is 47.0 Å². The van der Waals surface area contributed by atoms with Crippen LogP contribution in [-0.4, -0.2) is 19.2 Å². The Bertz CT molecular complexity index is 329. The third-order valence-electron chi connectivity index (χ3n) is 3.21. The summed E-state index contributed by atoms with van der Waals surface area (Å²) in [4.78, 5) is 0. The molecule has 0 aliphatic heterocycles. The SMILES string of the molecule is CCNC(CCOc1ccccc1)CCC(C)(C)C. The predicted molar refractivity (Wildman–Crippen MR) is 82.7 cm³/mol. The van der Waals surface area contributed by atoms with Crippen LogP contribution in [-0.2, 0) is 0 Å². The quantitative estimate of drug-likeness (QED) is 0.756. The van der Waals surface area contributed by atoms with Crippen molar-refractivity contribution in [3.05, 3.63) is 30.3 Å². The van der Waals surface area contributed by atoms with Crippen molar-refractivity contribution in [2.45, 2.75) is 53.0 Å². The fourth-order valence-corrected chi connectivity index (χ4v) is 2.08. The van der Waals surface area contributed by atoms with Crippen LogP contribution in [0.25, 0.3) is 0 Å². The minimum absolute atomic E-state index is 0.411. The molecule has 1 aromatic carbocycles. The van der Waals surface area contributed by atoms with Crippen LogP contribution < -0.4 is 10.1 Å². The first-order valence-electron chi connectivity index (χ1n) is 7.42. The summed E-state index contributed by atoms with van der Waals surface area (Å²) in [6, 6.07) is 10.6. The number of nitrogens with one attached hydrogen (secondary N) is 1. The van der Waals surface area contributed by atoms with Gasteiger partial charge in [-0.2, -0.15) is 0 Å². The highest BCUT2D eigenvalue weighted by Crippen LogP contribution is 2.22. The van der Waals surface area contributed by atoms with Gasteiger partial charge < -0.3 is 10.1 Å². The largest absolute Gasteiger partial charge is 0.494 e. The highest BCUT2D eigenvalue weighted by molar-refractivity contribution is 5.20. The van der Waals surface area contributed by atoms with Crippen LogP contribution in [0, 0.1) is 5.41 Å². The van der Waals surface area contributed by atoms with Crippen molar-refractivity contribution in [3.8, 4) is 5.75 Å². The van der Waals surface area contributed by atoms with Gasteiger partial charge in [-0.1, -0.05) is 45.9 Å². The van der Waals surface area contributed by atoms with Crippen molar-refractivity contribution in [3.63, 3.8) is 0 Å². The first-order valence-corrected chi connectivity index (χ1v) is 7.42. The average molecular weight is 263 g/mol. The highest BCUT2D eigenvalue weighted by atomic mass is 16.5. The summed E-state index contributed by atoms with van der Waals surface area (Å²) in [5, 5.41) is 3.56. The lowest BCUT2D eigenvalue weighted by atomic mass is 9.88. The first kappa shape index (κ1) is 16.0. The van der Waals surface area contributed by atoms with E-state index in [4.69, 9.17) is 4.74 Å². The average Bonchev–Trinajstić information content (AvgIpc) is 2.36. The Balaban J connectivity index is 2.29. The molecular formula is C17H29NO. The zero-order valence-electron chi connectivity index (χ0n) is 12.9. The lowest BCUT2D eigenvalue weighted by Crippen LogP contribution is -2.31. The summed E-state index contributed by atoms with van der Waals surface area (Å²) in [6.07, 6.45) is 3.53. The second-order valence-electron chi connectivity index (χ2n) is 6.30. The first-order chi connectivity index (χ1) is 9.01. The Kier molecular flexibility index (Phi) is 6.93. The van der Waals surface area contributed by atoms with Gasteiger partial charge in [-0.25, -0.2) is 0 Å². The van der Waals surface area contributed by atoms with Gasteiger partial charge in [0.25, 0.3) is 0 Å². The Morgan fingerprint density at radius 1 is 1.11 bits per heavy atom. The topological polar surface area (TPSA) is 21.3 Å². The lowest BCUT2D eigenvalue weighted by Gasteiger charge is -2.23.